The number of piperazine rings is 1. The highest BCUT2D eigenvalue weighted by atomic mass is 16.2. The van der Waals surface area contributed by atoms with E-state index in [0.717, 1.165) is 44.1 Å². The molecule has 1 saturated heterocycles. The van der Waals surface area contributed by atoms with Crippen molar-refractivity contribution in [2.24, 2.45) is 0 Å². The second-order valence-electron chi connectivity index (χ2n) is 4.53. The molecule has 2 rings (SSSR count). The topological polar surface area (TPSA) is 52.2 Å². The van der Waals surface area contributed by atoms with Crippen LogP contribution in [0.15, 0.2) is 6.07 Å². The van der Waals surface area contributed by atoms with Crippen LogP contribution in [0.2, 0.25) is 0 Å². The highest BCUT2D eigenvalue weighted by molar-refractivity contribution is 5.78. The molecule has 0 aromatic carbocycles. The Kier molecular flexibility index (Phi) is 3.78. The third kappa shape index (κ3) is 3.06. The molecule has 0 saturated carbocycles. The maximum Gasteiger partial charge on any atom is 0.228 e. The lowest BCUT2D eigenvalue weighted by Crippen LogP contribution is -2.48. The van der Waals surface area contributed by atoms with Crippen molar-refractivity contribution in [3.63, 3.8) is 0 Å². The summed E-state index contributed by atoms with van der Waals surface area (Å²) in [6.07, 6.45) is 0.413. The number of carbonyl (C=O) groups excluding carboxylic acids is 1. The van der Waals surface area contributed by atoms with Crippen LogP contribution in [0, 0.1) is 6.92 Å². The van der Waals surface area contributed by atoms with Gasteiger partial charge < -0.3 is 9.80 Å². The van der Waals surface area contributed by atoms with E-state index in [1.54, 1.807) is 0 Å². The minimum absolute atomic E-state index is 0.187. The van der Waals surface area contributed by atoms with Crippen LogP contribution in [0.3, 0.4) is 0 Å². The van der Waals surface area contributed by atoms with Gasteiger partial charge >= 0.3 is 0 Å². The number of amides is 1. The molecule has 0 unspecified atom stereocenters. The number of aromatic amines is 1. The number of hydrogen-bond acceptors (Lipinski definition) is 3. The first-order valence-electron chi connectivity index (χ1n) is 6.20. The number of carbonyl (C=O) groups is 1. The highest BCUT2D eigenvalue weighted by Gasteiger charge is 2.20. The SMILES string of the molecule is CCN1CCN(C(=O)Cc2cc(C)[nH]n2)CC1. The molecule has 0 aliphatic carbocycles. The molecule has 5 heteroatoms. The van der Waals surface area contributed by atoms with Gasteiger partial charge in [-0.05, 0) is 19.5 Å². The number of likely N-dealkylation sites (N-methyl/N-ethyl adjacent to an activating group) is 1. The lowest BCUT2D eigenvalue weighted by molar-refractivity contribution is -0.132. The molecule has 0 radical (unpaired) electrons. The number of aryl methyl sites for hydroxylation is 1. The van der Waals surface area contributed by atoms with Gasteiger partial charge in [0.15, 0.2) is 0 Å². The second kappa shape index (κ2) is 5.31. The van der Waals surface area contributed by atoms with E-state index in [1.807, 2.05) is 17.9 Å². The summed E-state index contributed by atoms with van der Waals surface area (Å²) in [5, 5.41) is 6.96. The van der Waals surface area contributed by atoms with Crippen molar-refractivity contribution in [1.82, 2.24) is 20.0 Å². The quantitative estimate of drug-likeness (QED) is 0.828. The van der Waals surface area contributed by atoms with E-state index >= 15 is 0 Å². The van der Waals surface area contributed by atoms with Crippen LogP contribution < -0.4 is 0 Å². The van der Waals surface area contributed by atoms with Crippen LogP contribution in [0.25, 0.3) is 0 Å². The number of hydrogen-bond donors (Lipinski definition) is 1. The van der Waals surface area contributed by atoms with Gasteiger partial charge in [-0.15, -0.1) is 0 Å². The van der Waals surface area contributed by atoms with E-state index in [1.165, 1.54) is 0 Å². The van der Waals surface area contributed by atoms with Crippen molar-refractivity contribution in [3.8, 4) is 0 Å². The maximum absolute atomic E-state index is 12.0. The summed E-state index contributed by atoms with van der Waals surface area (Å²) in [5.41, 5.74) is 1.84. The van der Waals surface area contributed by atoms with Crippen LogP contribution >= 0.6 is 0 Å². The number of aromatic nitrogens is 2. The van der Waals surface area contributed by atoms with Crippen LogP contribution in [-0.2, 0) is 11.2 Å². The van der Waals surface area contributed by atoms with Gasteiger partial charge in [0.25, 0.3) is 0 Å². The van der Waals surface area contributed by atoms with Crippen LogP contribution in [0.5, 0.6) is 0 Å². The van der Waals surface area contributed by atoms with Crippen molar-refractivity contribution in [2.75, 3.05) is 32.7 Å². The minimum atomic E-state index is 0.187. The van der Waals surface area contributed by atoms with E-state index in [0.29, 0.717) is 6.42 Å². The van der Waals surface area contributed by atoms with Gasteiger partial charge in [-0.25, -0.2) is 0 Å². The molecule has 0 bridgehead atoms. The summed E-state index contributed by atoms with van der Waals surface area (Å²) in [5.74, 6) is 0.187. The Morgan fingerprint density at radius 2 is 2.12 bits per heavy atom. The predicted octanol–water partition coefficient (Wildman–Crippen LogP) is 0.425. The summed E-state index contributed by atoms with van der Waals surface area (Å²) in [7, 11) is 0. The average Bonchev–Trinajstić information content (AvgIpc) is 2.75. The van der Waals surface area contributed by atoms with E-state index in [2.05, 4.69) is 22.0 Å². The van der Waals surface area contributed by atoms with Crippen molar-refractivity contribution in [3.05, 3.63) is 17.5 Å². The molecule has 1 aromatic rings. The molecule has 1 aromatic heterocycles. The Hall–Kier alpha value is -1.36. The zero-order valence-electron chi connectivity index (χ0n) is 10.6. The molecule has 1 amide bonds. The van der Waals surface area contributed by atoms with Crippen molar-refractivity contribution >= 4 is 5.91 Å². The summed E-state index contributed by atoms with van der Waals surface area (Å²) in [6, 6.07) is 1.93. The molecular formula is C12H20N4O. The Morgan fingerprint density at radius 3 is 2.65 bits per heavy atom. The number of H-pyrrole nitrogens is 1. The van der Waals surface area contributed by atoms with Crippen LogP contribution in [0.1, 0.15) is 18.3 Å². The third-order valence-electron chi connectivity index (χ3n) is 3.26. The first-order chi connectivity index (χ1) is 8.19. The first kappa shape index (κ1) is 12.1. The zero-order chi connectivity index (χ0) is 12.3. The molecule has 5 nitrogen and oxygen atoms in total. The van der Waals surface area contributed by atoms with Gasteiger partial charge in [0.05, 0.1) is 12.1 Å². The summed E-state index contributed by atoms with van der Waals surface area (Å²) < 4.78 is 0. The largest absolute Gasteiger partial charge is 0.340 e. The van der Waals surface area contributed by atoms with Gasteiger partial charge in [0, 0.05) is 31.9 Å². The third-order valence-corrected chi connectivity index (χ3v) is 3.26. The van der Waals surface area contributed by atoms with E-state index in [4.69, 9.17) is 0 Å². The molecule has 2 heterocycles. The smallest absolute Gasteiger partial charge is 0.228 e. The molecule has 17 heavy (non-hydrogen) atoms. The number of nitrogens with zero attached hydrogens (tertiary/aromatic N) is 3. The lowest BCUT2D eigenvalue weighted by Gasteiger charge is -2.34. The second-order valence-corrected chi connectivity index (χ2v) is 4.53. The lowest BCUT2D eigenvalue weighted by atomic mass is 10.2. The highest BCUT2D eigenvalue weighted by Crippen LogP contribution is 2.06. The molecule has 1 aliphatic rings. The van der Waals surface area contributed by atoms with Gasteiger partial charge in [0.1, 0.15) is 0 Å². The number of nitrogens with one attached hydrogen (secondary N) is 1. The Labute approximate surface area is 102 Å². The van der Waals surface area contributed by atoms with Gasteiger partial charge in [-0.2, -0.15) is 5.10 Å². The van der Waals surface area contributed by atoms with E-state index in [-0.39, 0.29) is 5.91 Å². The molecule has 94 valence electrons. The fourth-order valence-electron chi connectivity index (χ4n) is 2.15. The molecule has 0 atom stereocenters. The van der Waals surface area contributed by atoms with Crippen molar-refractivity contribution < 1.29 is 4.79 Å². The Bertz CT molecular complexity index is 380. The molecule has 1 fully saturated rings. The molecular weight excluding hydrogens is 216 g/mol. The van der Waals surface area contributed by atoms with Crippen LogP contribution in [0.4, 0.5) is 0 Å². The minimum Gasteiger partial charge on any atom is -0.340 e. The van der Waals surface area contributed by atoms with Gasteiger partial charge in [-0.3, -0.25) is 9.89 Å². The summed E-state index contributed by atoms with van der Waals surface area (Å²) >= 11 is 0. The van der Waals surface area contributed by atoms with E-state index in [9.17, 15) is 4.79 Å². The molecule has 0 spiro atoms. The van der Waals surface area contributed by atoms with Crippen molar-refractivity contribution in [1.29, 1.82) is 0 Å². The summed E-state index contributed by atoms with van der Waals surface area (Å²) in [6.45, 7) is 8.83. The zero-order valence-corrected chi connectivity index (χ0v) is 10.6. The van der Waals surface area contributed by atoms with Crippen molar-refractivity contribution in [2.45, 2.75) is 20.3 Å². The van der Waals surface area contributed by atoms with Gasteiger partial charge in [0.2, 0.25) is 5.91 Å². The first-order valence-corrected chi connectivity index (χ1v) is 6.20. The van der Waals surface area contributed by atoms with E-state index < -0.39 is 0 Å². The molecule has 1 N–H and O–H groups in total. The standard InChI is InChI=1S/C12H20N4O/c1-3-15-4-6-16(7-5-15)12(17)9-11-8-10(2)13-14-11/h8H,3-7,9H2,1-2H3,(H,13,14). The number of rotatable bonds is 3. The molecule has 1 aliphatic heterocycles. The normalized spacial score (nSPS) is 17.4. The average molecular weight is 236 g/mol. The Morgan fingerprint density at radius 1 is 1.41 bits per heavy atom. The van der Waals surface area contributed by atoms with Gasteiger partial charge in [-0.1, -0.05) is 6.92 Å². The fourth-order valence-corrected chi connectivity index (χ4v) is 2.15. The van der Waals surface area contributed by atoms with Crippen LogP contribution in [-0.4, -0.2) is 58.6 Å². The predicted molar refractivity (Wildman–Crippen MR) is 65.7 cm³/mol. The summed E-state index contributed by atoms with van der Waals surface area (Å²) in [4.78, 5) is 16.3. The fraction of sp³-hybridized carbons (Fsp3) is 0.667. The maximum atomic E-state index is 12.0. The Balaban J connectivity index is 1.85. The monoisotopic (exact) mass is 236 g/mol.